The van der Waals surface area contributed by atoms with E-state index >= 15 is 0 Å². The number of amides is 1. The molecule has 0 heterocycles. The second kappa shape index (κ2) is 2.13. The van der Waals surface area contributed by atoms with Crippen molar-refractivity contribution in [2.75, 3.05) is 7.05 Å². The summed E-state index contributed by atoms with van der Waals surface area (Å²) in [5.41, 5.74) is 4.41. The van der Waals surface area contributed by atoms with Crippen LogP contribution in [0.25, 0.3) is 0 Å². The highest BCUT2D eigenvalue weighted by Gasteiger charge is 2.20. The van der Waals surface area contributed by atoms with Crippen LogP contribution in [0.2, 0.25) is 0 Å². The molecule has 0 aliphatic rings. The van der Waals surface area contributed by atoms with Crippen molar-refractivity contribution >= 4 is 5.91 Å². The molecule has 0 atom stereocenters. The number of carbonyl (C=O) groups excluding carboxylic acids is 1. The Balaban J connectivity index is 3.91. The molecule has 48 valence electrons. The molecular weight excluding hydrogens is 104 g/mol. The van der Waals surface area contributed by atoms with Gasteiger partial charge in [-0.3, -0.25) is 4.79 Å². The molecule has 3 nitrogen and oxygen atoms in total. The summed E-state index contributed by atoms with van der Waals surface area (Å²) >= 11 is 0. The third-order valence-electron chi connectivity index (χ3n) is 1.24. The number of nitrogens with one attached hydrogen (secondary N) is 1. The Morgan fingerprint density at radius 1 is 1.62 bits per heavy atom. The molecule has 8 heavy (non-hydrogen) atoms. The van der Waals surface area contributed by atoms with Crippen LogP contribution in [0.3, 0.4) is 0 Å². The molecular formula is C5H12N2O. The van der Waals surface area contributed by atoms with Crippen LogP contribution in [0.15, 0.2) is 0 Å². The highest BCUT2D eigenvalue weighted by atomic mass is 16.1. The molecule has 0 saturated carbocycles. The largest absolute Gasteiger partial charge is 0.368 e. The number of rotatable bonds is 2. The predicted molar refractivity (Wildman–Crippen MR) is 32.3 cm³/mol. The van der Waals surface area contributed by atoms with E-state index < -0.39 is 5.54 Å². The van der Waals surface area contributed by atoms with Gasteiger partial charge in [0.2, 0.25) is 5.91 Å². The summed E-state index contributed by atoms with van der Waals surface area (Å²) in [6.07, 6.45) is 0. The zero-order valence-electron chi connectivity index (χ0n) is 5.49. The molecule has 0 radical (unpaired) electrons. The van der Waals surface area contributed by atoms with Gasteiger partial charge in [0.1, 0.15) is 0 Å². The minimum Gasteiger partial charge on any atom is -0.368 e. The van der Waals surface area contributed by atoms with Crippen molar-refractivity contribution in [2.24, 2.45) is 5.73 Å². The first kappa shape index (κ1) is 7.43. The third kappa shape index (κ3) is 1.50. The van der Waals surface area contributed by atoms with Crippen molar-refractivity contribution < 1.29 is 4.79 Å². The molecule has 3 heteroatoms. The molecule has 0 unspecified atom stereocenters. The Kier molecular flexibility index (Phi) is 1.98. The maximum absolute atomic E-state index is 10.4. The minimum atomic E-state index is -0.569. The van der Waals surface area contributed by atoms with Crippen LogP contribution < -0.4 is 11.1 Å². The SMILES string of the molecule is CNC(C)(C)C(N)=O. The van der Waals surface area contributed by atoms with Crippen LogP contribution in [-0.4, -0.2) is 18.5 Å². The monoisotopic (exact) mass is 116 g/mol. The van der Waals surface area contributed by atoms with Crippen molar-refractivity contribution in [3.8, 4) is 0 Å². The molecule has 1 amide bonds. The van der Waals surface area contributed by atoms with Gasteiger partial charge in [-0.25, -0.2) is 0 Å². The second-order valence-electron chi connectivity index (χ2n) is 2.24. The van der Waals surface area contributed by atoms with E-state index in [1.165, 1.54) is 0 Å². The van der Waals surface area contributed by atoms with Crippen LogP contribution in [-0.2, 0) is 4.79 Å². The highest BCUT2D eigenvalue weighted by Crippen LogP contribution is 1.96. The fraction of sp³-hybridized carbons (Fsp3) is 0.800. The standard InChI is InChI=1S/C5H12N2O/c1-5(2,7-3)4(6)8/h7H,1-3H3,(H2,6,8). The van der Waals surface area contributed by atoms with E-state index in [1.54, 1.807) is 20.9 Å². The number of likely N-dealkylation sites (N-methyl/N-ethyl adjacent to an activating group) is 1. The zero-order chi connectivity index (χ0) is 6.78. The molecule has 0 bridgehead atoms. The van der Waals surface area contributed by atoms with Crippen LogP contribution in [0.4, 0.5) is 0 Å². The Morgan fingerprint density at radius 2 is 2.00 bits per heavy atom. The van der Waals surface area contributed by atoms with Crippen molar-refractivity contribution in [3.63, 3.8) is 0 Å². The summed E-state index contributed by atoms with van der Waals surface area (Å²) in [5, 5.41) is 2.77. The molecule has 0 saturated heterocycles. The van der Waals surface area contributed by atoms with E-state index in [9.17, 15) is 4.79 Å². The molecule has 0 aliphatic carbocycles. The average Bonchev–Trinajstić information content (AvgIpc) is 1.67. The number of primary amides is 1. The average molecular weight is 116 g/mol. The molecule has 0 aliphatic heterocycles. The van der Waals surface area contributed by atoms with Gasteiger partial charge in [0.25, 0.3) is 0 Å². The van der Waals surface area contributed by atoms with Crippen LogP contribution in [0, 0.1) is 0 Å². The third-order valence-corrected chi connectivity index (χ3v) is 1.24. The van der Waals surface area contributed by atoms with Gasteiger partial charge in [-0.15, -0.1) is 0 Å². The lowest BCUT2D eigenvalue weighted by atomic mass is 10.1. The first-order chi connectivity index (χ1) is 3.50. The van der Waals surface area contributed by atoms with E-state index in [4.69, 9.17) is 5.73 Å². The van der Waals surface area contributed by atoms with Crippen molar-refractivity contribution in [3.05, 3.63) is 0 Å². The lowest BCUT2D eigenvalue weighted by molar-refractivity contribution is -0.122. The smallest absolute Gasteiger partial charge is 0.237 e. The van der Waals surface area contributed by atoms with E-state index in [-0.39, 0.29) is 5.91 Å². The molecule has 0 rings (SSSR count). The summed E-state index contributed by atoms with van der Waals surface area (Å²) < 4.78 is 0. The van der Waals surface area contributed by atoms with Crippen molar-refractivity contribution in [1.29, 1.82) is 0 Å². The quantitative estimate of drug-likeness (QED) is 0.509. The number of hydrogen-bond donors (Lipinski definition) is 2. The topological polar surface area (TPSA) is 55.1 Å². The summed E-state index contributed by atoms with van der Waals surface area (Å²) in [4.78, 5) is 10.4. The Hall–Kier alpha value is -0.570. The Labute approximate surface area is 49.3 Å². The highest BCUT2D eigenvalue weighted by molar-refractivity contribution is 5.83. The van der Waals surface area contributed by atoms with Gasteiger partial charge in [-0.05, 0) is 20.9 Å². The van der Waals surface area contributed by atoms with E-state index in [2.05, 4.69) is 5.32 Å². The van der Waals surface area contributed by atoms with Crippen LogP contribution in [0.5, 0.6) is 0 Å². The molecule has 0 fully saturated rings. The summed E-state index contributed by atoms with van der Waals surface area (Å²) in [5.74, 6) is -0.333. The first-order valence-electron chi connectivity index (χ1n) is 2.49. The predicted octanol–water partition coefficient (Wildman–Crippen LogP) is -0.530. The van der Waals surface area contributed by atoms with Gasteiger partial charge in [0.05, 0.1) is 5.54 Å². The normalized spacial score (nSPS) is 11.4. The van der Waals surface area contributed by atoms with Crippen molar-refractivity contribution in [2.45, 2.75) is 19.4 Å². The maximum Gasteiger partial charge on any atom is 0.237 e. The van der Waals surface area contributed by atoms with Crippen LogP contribution in [0.1, 0.15) is 13.8 Å². The number of nitrogens with two attached hydrogens (primary N) is 1. The molecule has 0 spiro atoms. The molecule has 0 aromatic heterocycles. The van der Waals surface area contributed by atoms with Gasteiger partial charge < -0.3 is 11.1 Å². The summed E-state index contributed by atoms with van der Waals surface area (Å²) in [6.45, 7) is 3.46. The lowest BCUT2D eigenvalue weighted by Crippen LogP contribution is -2.48. The Bertz CT molecular complexity index is 98.6. The van der Waals surface area contributed by atoms with E-state index in [1.807, 2.05) is 0 Å². The molecule has 0 aromatic rings. The summed E-state index contributed by atoms with van der Waals surface area (Å²) in [6, 6.07) is 0. The molecule has 3 N–H and O–H groups in total. The fourth-order valence-corrected chi connectivity index (χ4v) is 0.123. The van der Waals surface area contributed by atoms with E-state index in [0.717, 1.165) is 0 Å². The second-order valence-corrected chi connectivity index (χ2v) is 2.24. The van der Waals surface area contributed by atoms with Crippen molar-refractivity contribution in [1.82, 2.24) is 5.32 Å². The Morgan fingerprint density at radius 3 is 2.00 bits per heavy atom. The number of hydrogen-bond acceptors (Lipinski definition) is 2. The number of carbonyl (C=O) groups is 1. The molecule has 0 aromatic carbocycles. The first-order valence-corrected chi connectivity index (χ1v) is 2.49. The lowest BCUT2D eigenvalue weighted by Gasteiger charge is -2.18. The fourth-order valence-electron chi connectivity index (χ4n) is 0.123. The van der Waals surface area contributed by atoms with Gasteiger partial charge in [-0.1, -0.05) is 0 Å². The van der Waals surface area contributed by atoms with Crippen LogP contribution >= 0.6 is 0 Å². The van der Waals surface area contributed by atoms with E-state index in [0.29, 0.717) is 0 Å². The zero-order valence-corrected chi connectivity index (χ0v) is 5.49. The van der Waals surface area contributed by atoms with Gasteiger partial charge in [-0.2, -0.15) is 0 Å². The summed E-state index contributed by atoms with van der Waals surface area (Å²) in [7, 11) is 1.70. The minimum absolute atomic E-state index is 0.333. The van der Waals surface area contributed by atoms with Gasteiger partial charge in [0.15, 0.2) is 0 Å². The van der Waals surface area contributed by atoms with Gasteiger partial charge >= 0.3 is 0 Å². The maximum atomic E-state index is 10.4. The van der Waals surface area contributed by atoms with Gasteiger partial charge in [0, 0.05) is 0 Å².